The van der Waals surface area contributed by atoms with E-state index in [-0.39, 0.29) is 12.2 Å². The molecule has 9 unspecified atom stereocenters. The van der Waals surface area contributed by atoms with Crippen molar-refractivity contribution < 1.29 is 34.2 Å². The monoisotopic (exact) mass is 1320 g/mol. The lowest BCUT2D eigenvalue weighted by atomic mass is 9.83. The lowest BCUT2D eigenvalue weighted by molar-refractivity contribution is -0.116. The first-order valence-corrected chi connectivity index (χ1v) is 39.6. The van der Waals surface area contributed by atoms with Crippen LogP contribution in [0.25, 0.3) is 0 Å². The molecule has 7 aliphatic rings. The fourth-order valence-electron chi connectivity index (χ4n) is 15.7. The van der Waals surface area contributed by atoms with Crippen molar-refractivity contribution in [1.82, 2.24) is 0 Å². The summed E-state index contributed by atoms with van der Waals surface area (Å²) in [5, 5.41) is 19.1. The molecule has 7 nitrogen and oxygen atoms in total. The number of allylic oxidation sites excluding steroid dienone is 14. The number of aliphatic hydroxyl groups excluding tert-OH is 2. The van der Waals surface area contributed by atoms with Gasteiger partial charge in [-0.1, -0.05) is 241 Å². The van der Waals surface area contributed by atoms with Crippen molar-refractivity contribution in [2.75, 3.05) is 0 Å². The molecule has 9 atom stereocenters. The van der Waals surface area contributed by atoms with Gasteiger partial charge < -0.3 is 10.2 Å². The van der Waals surface area contributed by atoms with E-state index in [9.17, 15) is 34.2 Å². The van der Waals surface area contributed by atoms with Gasteiger partial charge in [0, 0.05) is 32.1 Å². The zero-order chi connectivity index (χ0) is 70.9. The molecule has 0 amide bonds. The van der Waals surface area contributed by atoms with Gasteiger partial charge in [-0.3, -0.25) is 24.0 Å². The van der Waals surface area contributed by atoms with E-state index in [1.807, 2.05) is 30.4 Å². The number of hydrogen-bond acceptors (Lipinski definition) is 7. The van der Waals surface area contributed by atoms with E-state index < -0.39 is 0 Å². The van der Waals surface area contributed by atoms with Crippen molar-refractivity contribution in [1.29, 1.82) is 0 Å². The largest absolute Gasteiger partial charge is 0.389 e. The molecule has 0 aromatic rings. The van der Waals surface area contributed by atoms with E-state index in [4.69, 9.17) is 0 Å². The Bertz CT molecular complexity index is 2380. The van der Waals surface area contributed by atoms with Crippen molar-refractivity contribution in [3.05, 3.63) is 93.7 Å². The quantitative estimate of drug-likeness (QED) is 0.0564. The summed E-state index contributed by atoms with van der Waals surface area (Å²) in [4.78, 5) is 56.3. The van der Waals surface area contributed by atoms with Crippen LogP contribution in [0.15, 0.2) is 93.7 Å². The van der Waals surface area contributed by atoms with E-state index in [0.29, 0.717) is 70.3 Å². The van der Waals surface area contributed by atoms with Crippen LogP contribution in [0, 0.1) is 53.3 Å². The normalized spacial score (nSPS) is 24.4. The third kappa shape index (κ3) is 49.4. The van der Waals surface area contributed by atoms with Crippen molar-refractivity contribution in [3.63, 3.8) is 0 Å². The summed E-state index contributed by atoms with van der Waals surface area (Å²) < 4.78 is 0. The minimum absolute atomic E-state index is 0.167. The fraction of sp³-hybridized carbons (Fsp3) is 0.761. The second-order valence-electron chi connectivity index (χ2n) is 31.9. The highest BCUT2D eigenvalue weighted by molar-refractivity contribution is 5.93. The van der Waals surface area contributed by atoms with E-state index in [2.05, 4.69) is 123 Å². The van der Waals surface area contributed by atoms with Gasteiger partial charge in [-0.05, 0) is 241 Å². The van der Waals surface area contributed by atoms with Crippen molar-refractivity contribution >= 4 is 28.9 Å². The van der Waals surface area contributed by atoms with Gasteiger partial charge in [0.1, 0.15) is 0 Å². The van der Waals surface area contributed by atoms with Gasteiger partial charge in [-0.25, -0.2) is 0 Å². The SMILES string of the molecule is CC/C=C\CCC1CC(=O)C=C(C)C1.CC1=CC(=O)CC(CC(C)C)C1.CC1=CC(O)CC(CC(C)C)C1.CCCCCC1CC(=O)C=C(C)C1.CCCCCCC1CC(=O)C=C(C)C1.CCCCCCCC1CC(=O)C=C(C)C1.CCCCCCCC1CC(C)=CC(O)C1. The van der Waals surface area contributed by atoms with E-state index in [1.54, 1.807) is 12.2 Å². The third-order valence-corrected chi connectivity index (χ3v) is 19.7. The molecule has 0 radical (unpaired) electrons. The third-order valence-electron chi connectivity index (χ3n) is 19.7. The van der Waals surface area contributed by atoms with Crippen LogP contribution in [0.2, 0.25) is 0 Å². The molecule has 0 saturated carbocycles. The van der Waals surface area contributed by atoms with Crippen LogP contribution >= 0.6 is 0 Å². The number of hydrogen-bond donors (Lipinski definition) is 2. The highest BCUT2D eigenvalue weighted by Gasteiger charge is 2.24. The van der Waals surface area contributed by atoms with E-state index in [1.165, 1.54) is 200 Å². The topological polar surface area (TPSA) is 126 Å². The van der Waals surface area contributed by atoms with Gasteiger partial charge in [0.05, 0.1) is 12.2 Å². The summed E-state index contributed by atoms with van der Waals surface area (Å²) in [6.07, 6.45) is 64.7. The molecule has 0 fully saturated rings. The summed E-state index contributed by atoms with van der Waals surface area (Å²) in [7, 11) is 0. The Kier molecular flexibility index (Phi) is 51.7. The number of rotatable bonds is 29. The summed E-state index contributed by atoms with van der Waals surface area (Å²) >= 11 is 0. The van der Waals surface area contributed by atoms with Crippen LogP contribution in [0.4, 0.5) is 0 Å². The second-order valence-corrected chi connectivity index (χ2v) is 31.9. The minimum atomic E-state index is -0.178. The van der Waals surface area contributed by atoms with Crippen molar-refractivity contribution in [2.24, 2.45) is 53.3 Å². The van der Waals surface area contributed by atoms with Crippen LogP contribution in [-0.4, -0.2) is 51.3 Å². The van der Waals surface area contributed by atoms with E-state index in [0.717, 1.165) is 108 Å². The van der Waals surface area contributed by atoms with Gasteiger partial charge >= 0.3 is 0 Å². The van der Waals surface area contributed by atoms with Gasteiger partial charge in [0.15, 0.2) is 28.9 Å². The molecule has 7 rings (SSSR count). The Morgan fingerprint density at radius 3 is 0.926 bits per heavy atom. The van der Waals surface area contributed by atoms with Gasteiger partial charge in [-0.2, -0.15) is 0 Å². The van der Waals surface area contributed by atoms with E-state index >= 15 is 0 Å². The van der Waals surface area contributed by atoms with Crippen LogP contribution in [-0.2, 0) is 24.0 Å². The van der Waals surface area contributed by atoms with Gasteiger partial charge in [0.2, 0.25) is 0 Å². The Balaban J connectivity index is 0.000000555. The van der Waals surface area contributed by atoms with Gasteiger partial charge in [-0.15, -0.1) is 0 Å². The lowest BCUT2D eigenvalue weighted by Crippen LogP contribution is -2.18. The Morgan fingerprint density at radius 2 is 0.589 bits per heavy atom. The molecule has 0 bridgehead atoms. The highest BCUT2D eigenvalue weighted by Crippen LogP contribution is 2.33. The molecule has 95 heavy (non-hydrogen) atoms. The molecule has 7 heteroatoms. The number of unbranched alkanes of at least 4 members (excludes halogenated alkanes) is 13. The Morgan fingerprint density at radius 1 is 0.326 bits per heavy atom. The molecule has 0 spiro atoms. The number of carbonyl (C=O) groups excluding carboxylic acids is 5. The Labute approximate surface area is 586 Å². The molecule has 0 heterocycles. The Hall–Kier alpha value is -3.81. The second kappa shape index (κ2) is 55.0. The molecule has 2 N–H and O–H groups in total. The molecular weight excluding hydrogens is 1170 g/mol. The molecule has 0 aromatic heterocycles. The zero-order valence-corrected chi connectivity index (χ0v) is 64.8. The summed E-state index contributed by atoms with van der Waals surface area (Å²) in [6, 6.07) is 0. The predicted octanol–water partition coefficient (Wildman–Crippen LogP) is 25.1. The van der Waals surface area contributed by atoms with Crippen LogP contribution < -0.4 is 0 Å². The number of aliphatic hydroxyl groups is 2. The summed E-state index contributed by atoms with van der Waals surface area (Å²) in [6.45, 7) is 34.7. The lowest BCUT2D eigenvalue weighted by Gasteiger charge is -2.25. The molecule has 0 aliphatic heterocycles. The first-order chi connectivity index (χ1) is 45.2. The van der Waals surface area contributed by atoms with Crippen molar-refractivity contribution in [2.45, 2.75) is 380 Å². The molecule has 7 aliphatic carbocycles. The molecular formula is C88H150O7. The van der Waals surface area contributed by atoms with Crippen LogP contribution in [0.1, 0.15) is 368 Å². The predicted molar refractivity (Wildman–Crippen MR) is 410 cm³/mol. The maximum Gasteiger partial charge on any atom is 0.155 e. The average Bonchev–Trinajstić information content (AvgIpc) is 1.86. The highest BCUT2D eigenvalue weighted by atomic mass is 16.3. The maximum absolute atomic E-state index is 11.3. The number of ketones is 5. The molecule has 0 aromatic carbocycles. The summed E-state index contributed by atoms with van der Waals surface area (Å²) in [5.74, 6) is 7.73. The minimum Gasteiger partial charge on any atom is -0.389 e. The van der Waals surface area contributed by atoms with Crippen LogP contribution in [0.3, 0.4) is 0 Å². The first-order valence-electron chi connectivity index (χ1n) is 39.6. The fourth-order valence-corrected chi connectivity index (χ4v) is 15.7. The molecule has 544 valence electrons. The summed E-state index contributed by atoms with van der Waals surface area (Å²) in [5.41, 5.74) is 9.10. The smallest absolute Gasteiger partial charge is 0.155 e. The zero-order valence-electron chi connectivity index (χ0n) is 64.8. The van der Waals surface area contributed by atoms with Crippen LogP contribution in [0.5, 0.6) is 0 Å². The number of carbonyl (C=O) groups is 5. The average molecular weight is 1320 g/mol. The molecule has 0 saturated heterocycles. The standard InChI is InChI=1S/C14H26O.C14H24O.C13H22O.C13H20O.C12H20O.C11H20O.C11H18O/c2*1-3-4-5-6-7-8-13-9-12(2)10-14(15)11-13;2*1-3-4-5-6-7-12-8-11(2)9-13(14)10-12;1-3-4-5-6-11-7-10(2)8-12(13)9-11;2*1-8(2)4-10-5-9(3)6-11(12)7-10/h10,13-15H,3-9,11H2,1-2H3;10,13H,3-9,11H2,1-2H3;9,12H,3-8,10H2,1-2H3;4-5,9,12H,3,6-8,10H2,1-2H3;8,11H,3-7,9H2,1-2H3;6,8,10-12H,4-5,7H2,1-3H3;6,8,10H,4-5,7H2,1-3H3/b;;;5-4-;;;. The maximum atomic E-state index is 11.3. The van der Waals surface area contributed by atoms with Crippen molar-refractivity contribution in [3.8, 4) is 0 Å². The van der Waals surface area contributed by atoms with Gasteiger partial charge in [0.25, 0.3) is 0 Å². The first kappa shape index (κ1) is 89.2.